The Morgan fingerprint density at radius 2 is 1.50 bits per heavy atom. The normalized spacial score (nSPS) is 12.8. The molecule has 186 valence electrons. The van der Waals surface area contributed by atoms with Gasteiger partial charge in [0.15, 0.2) is 0 Å². The van der Waals surface area contributed by atoms with E-state index >= 15 is 0 Å². The molecule has 0 fully saturated rings. The van der Waals surface area contributed by atoms with E-state index in [0.717, 1.165) is 21.7 Å². The Kier molecular flexibility index (Phi) is 8.89. The van der Waals surface area contributed by atoms with Gasteiger partial charge in [-0.2, -0.15) is 0 Å². The van der Waals surface area contributed by atoms with Gasteiger partial charge in [-0.1, -0.05) is 56.3 Å². The van der Waals surface area contributed by atoms with Crippen LogP contribution >= 0.6 is 0 Å². The van der Waals surface area contributed by atoms with Crippen LogP contribution in [0.4, 0.5) is 5.69 Å². The number of nitrogens with zero attached hydrogens (tertiary/aromatic N) is 2. The summed E-state index contributed by atoms with van der Waals surface area (Å²) < 4.78 is 26.4. The van der Waals surface area contributed by atoms with E-state index in [-0.39, 0.29) is 12.5 Å². The highest BCUT2D eigenvalue weighted by Crippen LogP contribution is 2.23. The number of rotatable bonds is 9. The van der Waals surface area contributed by atoms with Crippen molar-refractivity contribution in [2.24, 2.45) is 0 Å². The van der Waals surface area contributed by atoms with Crippen molar-refractivity contribution in [2.45, 2.75) is 65.6 Å². The molecule has 0 aliphatic carbocycles. The summed E-state index contributed by atoms with van der Waals surface area (Å²) in [5, 5.41) is 2.91. The van der Waals surface area contributed by atoms with E-state index in [1.165, 1.54) is 4.90 Å². The predicted molar refractivity (Wildman–Crippen MR) is 137 cm³/mol. The SMILES string of the molecule is CC(C)c1ccc(N(CC(=O)N(Cc2ccccc2)[C@H](C)C(=O)NC(C)(C)C)S(C)(=O)=O)cc1. The number of sulfonamides is 1. The lowest BCUT2D eigenvalue weighted by molar-refractivity contribution is -0.140. The Labute approximate surface area is 204 Å². The highest BCUT2D eigenvalue weighted by Gasteiger charge is 2.31. The molecule has 7 nitrogen and oxygen atoms in total. The van der Waals surface area contributed by atoms with E-state index in [2.05, 4.69) is 19.2 Å². The Morgan fingerprint density at radius 3 is 1.97 bits per heavy atom. The first-order chi connectivity index (χ1) is 15.7. The smallest absolute Gasteiger partial charge is 0.244 e. The van der Waals surface area contributed by atoms with Gasteiger partial charge in [0.05, 0.1) is 11.9 Å². The molecule has 34 heavy (non-hydrogen) atoms. The number of amides is 2. The summed E-state index contributed by atoms with van der Waals surface area (Å²) in [5.74, 6) is -0.464. The van der Waals surface area contributed by atoms with E-state index in [1.54, 1.807) is 19.1 Å². The van der Waals surface area contributed by atoms with E-state index in [9.17, 15) is 18.0 Å². The molecule has 2 aromatic carbocycles. The van der Waals surface area contributed by atoms with Crippen LogP contribution in [0.15, 0.2) is 54.6 Å². The van der Waals surface area contributed by atoms with Gasteiger partial charge in [0.1, 0.15) is 12.6 Å². The minimum Gasteiger partial charge on any atom is -0.350 e. The van der Waals surface area contributed by atoms with Crippen LogP contribution < -0.4 is 9.62 Å². The number of hydrogen-bond acceptors (Lipinski definition) is 4. The van der Waals surface area contributed by atoms with Crippen molar-refractivity contribution in [3.8, 4) is 0 Å². The number of anilines is 1. The van der Waals surface area contributed by atoms with E-state index in [1.807, 2.05) is 63.2 Å². The van der Waals surface area contributed by atoms with Crippen LogP contribution in [0, 0.1) is 0 Å². The topological polar surface area (TPSA) is 86.8 Å². The van der Waals surface area contributed by atoms with Gasteiger partial charge >= 0.3 is 0 Å². The predicted octanol–water partition coefficient (Wildman–Crippen LogP) is 3.91. The zero-order valence-corrected chi connectivity index (χ0v) is 22.0. The second-order valence-electron chi connectivity index (χ2n) is 9.94. The zero-order valence-electron chi connectivity index (χ0n) is 21.2. The van der Waals surface area contributed by atoms with E-state index in [4.69, 9.17) is 0 Å². The van der Waals surface area contributed by atoms with Gasteiger partial charge in [0.25, 0.3) is 0 Å². The number of carbonyl (C=O) groups excluding carboxylic acids is 2. The Bertz CT molecular complexity index is 1080. The molecule has 0 bridgehead atoms. The van der Waals surface area contributed by atoms with E-state index in [0.29, 0.717) is 11.6 Å². The van der Waals surface area contributed by atoms with Crippen molar-refractivity contribution < 1.29 is 18.0 Å². The summed E-state index contributed by atoms with van der Waals surface area (Å²) in [7, 11) is -3.74. The van der Waals surface area contributed by atoms with Crippen LogP contribution in [0.2, 0.25) is 0 Å². The fourth-order valence-electron chi connectivity index (χ4n) is 3.48. The van der Waals surface area contributed by atoms with Crippen LogP contribution in [0.25, 0.3) is 0 Å². The summed E-state index contributed by atoms with van der Waals surface area (Å²) in [6, 6.07) is 15.7. The summed E-state index contributed by atoms with van der Waals surface area (Å²) >= 11 is 0. The van der Waals surface area contributed by atoms with Crippen LogP contribution in [0.3, 0.4) is 0 Å². The molecule has 0 unspecified atom stereocenters. The van der Waals surface area contributed by atoms with Gasteiger partial charge < -0.3 is 10.2 Å². The monoisotopic (exact) mass is 487 g/mol. The largest absolute Gasteiger partial charge is 0.350 e. The average molecular weight is 488 g/mol. The van der Waals surface area contributed by atoms with Gasteiger partial charge in [0, 0.05) is 12.1 Å². The van der Waals surface area contributed by atoms with Crippen molar-refractivity contribution >= 4 is 27.5 Å². The maximum absolute atomic E-state index is 13.5. The lowest BCUT2D eigenvalue weighted by atomic mass is 10.0. The fraction of sp³-hybridized carbons (Fsp3) is 0.462. The third-order valence-electron chi connectivity index (χ3n) is 5.39. The fourth-order valence-corrected chi connectivity index (χ4v) is 4.33. The van der Waals surface area contributed by atoms with Crippen molar-refractivity contribution in [1.29, 1.82) is 0 Å². The number of nitrogens with one attached hydrogen (secondary N) is 1. The molecule has 0 aromatic heterocycles. The highest BCUT2D eigenvalue weighted by molar-refractivity contribution is 7.92. The average Bonchev–Trinajstić information content (AvgIpc) is 2.74. The van der Waals surface area contributed by atoms with Crippen molar-refractivity contribution in [2.75, 3.05) is 17.1 Å². The second-order valence-corrected chi connectivity index (χ2v) is 11.8. The minimum atomic E-state index is -3.74. The maximum atomic E-state index is 13.5. The van der Waals surface area contributed by atoms with Crippen LogP contribution in [-0.4, -0.2) is 49.5 Å². The maximum Gasteiger partial charge on any atom is 0.244 e. The molecule has 2 aromatic rings. The molecule has 0 spiro atoms. The molecule has 2 rings (SSSR count). The van der Waals surface area contributed by atoms with Gasteiger partial charge in [-0.15, -0.1) is 0 Å². The minimum absolute atomic E-state index is 0.183. The number of hydrogen-bond donors (Lipinski definition) is 1. The molecule has 0 saturated heterocycles. The third kappa shape index (κ3) is 7.87. The van der Waals surface area contributed by atoms with Crippen LogP contribution in [-0.2, 0) is 26.2 Å². The van der Waals surface area contributed by atoms with Crippen molar-refractivity contribution in [3.05, 3.63) is 65.7 Å². The first-order valence-electron chi connectivity index (χ1n) is 11.4. The molecule has 1 atom stereocenters. The molecule has 0 aliphatic heterocycles. The summed E-state index contributed by atoms with van der Waals surface area (Å²) in [6.45, 7) is 11.1. The zero-order chi connectivity index (χ0) is 25.7. The Balaban J connectivity index is 2.37. The van der Waals surface area contributed by atoms with Crippen LogP contribution in [0.5, 0.6) is 0 Å². The quantitative estimate of drug-likeness (QED) is 0.581. The van der Waals surface area contributed by atoms with Crippen LogP contribution in [0.1, 0.15) is 58.6 Å². The van der Waals surface area contributed by atoms with Gasteiger partial charge in [-0.05, 0) is 56.9 Å². The first kappa shape index (κ1) is 27.4. The molecule has 0 radical (unpaired) electrons. The molecular weight excluding hydrogens is 450 g/mol. The molecule has 0 heterocycles. The van der Waals surface area contributed by atoms with Gasteiger partial charge in [-0.3, -0.25) is 13.9 Å². The summed E-state index contributed by atoms with van der Waals surface area (Å²) in [4.78, 5) is 27.8. The second kappa shape index (κ2) is 11.0. The van der Waals surface area contributed by atoms with Crippen molar-refractivity contribution in [1.82, 2.24) is 10.2 Å². The highest BCUT2D eigenvalue weighted by atomic mass is 32.2. The molecular formula is C26H37N3O4S. The summed E-state index contributed by atoms with van der Waals surface area (Å²) in [6.07, 6.45) is 1.08. The standard InChI is InChI=1S/C26H37N3O4S/c1-19(2)22-13-15-23(16-14-22)29(34(7,32)33)18-24(30)28(17-21-11-9-8-10-12-21)20(3)25(31)27-26(4,5)6/h8-16,19-20H,17-18H2,1-7H3,(H,27,31)/t20-/m1/s1. The Morgan fingerprint density at radius 1 is 0.941 bits per heavy atom. The first-order valence-corrected chi connectivity index (χ1v) is 13.3. The lowest BCUT2D eigenvalue weighted by Gasteiger charge is -2.33. The lowest BCUT2D eigenvalue weighted by Crippen LogP contribution is -2.54. The van der Waals surface area contributed by atoms with Gasteiger partial charge in [-0.25, -0.2) is 8.42 Å². The molecule has 0 aliphatic rings. The van der Waals surface area contributed by atoms with Gasteiger partial charge in [0.2, 0.25) is 21.8 Å². The molecule has 0 saturated carbocycles. The number of benzene rings is 2. The summed E-state index contributed by atoms with van der Waals surface area (Å²) in [5.41, 5.74) is 1.86. The molecule has 8 heteroatoms. The molecule has 1 N–H and O–H groups in total. The molecule has 2 amide bonds. The third-order valence-corrected chi connectivity index (χ3v) is 6.53. The Hall–Kier alpha value is -2.87. The van der Waals surface area contributed by atoms with Crippen molar-refractivity contribution in [3.63, 3.8) is 0 Å². The number of carbonyl (C=O) groups is 2. The van der Waals surface area contributed by atoms with E-state index < -0.39 is 34.1 Å².